The summed E-state index contributed by atoms with van der Waals surface area (Å²) < 4.78 is 44.4. The molecule has 0 spiro atoms. The zero-order chi connectivity index (χ0) is 15.2. The van der Waals surface area contributed by atoms with Crippen LogP contribution < -0.4 is 9.88 Å². The van der Waals surface area contributed by atoms with Gasteiger partial charge in [0.1, 0.15) is 12.4 Å². The number of hydrogen-bond donors (Lipinski definition) is 1. The van der Waals surface area contributed by atoms with Crippen molar-refractivity contribution in [1.29, 1.82) is 0 Å². The van der Waals surface area contributed by atoms with Gasteiger partial charge in [0.2, 0.25) is 15.8 Å². The molecule has 0 heterocycles. The van der Waals surface area contributed by atoms with Crippen LogP contribution in [0.5, 0.6) is 5.75 Å². The van der Waals surface area contributed by atoms with Crippen LogP contribution in [0.3, 0.4) is 0 Å². The lowest BCUT2D eigenvalue weighted by Gasteiger charge is -2.07. The van der Waals surface area contributed by atoms with E-state index in [0.29, 0.717) is 0 Å². The van der Waals surface area contributed by atoms with E-state index in [1.165, 1.54) is 6.07 Å². The number of nitro benzene ring substituents is 1. The van der Waals surface area contributed by atoms with E-state index < -0.39 is 26.5 Å². The second-order valence-electron chi connectivity index (χ2n) is 3.70. The first-order chi connectivity index (χ1) is 9.29. The van der Waals surface area contributed by atoms with Crippen molar-refractivity contribution in [2.45, 2.75) is 0 Å². The summed E-state index contributed by atoms with van der Waals surface area (Å²) in [5, 5.41) is 15.2. The molecule has 0 aromatic heterocycles. The molecule has 0 aliphatic rings. The normalized spacial score (nSPS) is 11.3. The van der Waals surface area contributed by atoms with Gasteiger partial charge in [-0.25, -0.2) is 13.6 Å². The minimum absolute atomic E-state index is 0.0435. The summed E-state index contributed by atoms with van der Waals surface area (Å²) in [5.41, 5.74) is -0.637. The van der Waals surface area contributed by atoms with Crippen molar-refractivity contribution in [1.82, 2.24) is 0 Å². The Kier molecular flexibility index (Phi) is 5.80. The minimum Gasteiger partial charge on any atom is -0.491 e. The van der Waals surface area contributed by atoms with Gasteiger partial charge in [0.05, 0.1) is 23.9 Å². The highest BCUT2D eigenvalue weighted by molar-refractivity contribution is 7.89. The Labute approximate surface area is 114 Å². The van der Waals surface area contributed by atoms with Gasteiger partial charge < -0.3 is 9.47 Å². The van der Waals surface area contributed by atoms with Crippen LogP contribution in [-0.2, 0) is 14.8 Å². The maximum absolute atomic E-state index is 13.2. The van der Waals surface area contributed by atoms with E-state index in [1.807, 2.05) is 0 Å². The average Bonchev–Trinajstić information content (AvgIpc) is 2.32. The van der Waals surface area contributed by atoms with Crippen LogP contribution in [0.4, 0.5) is 10.1 Å². The van der Waals surface area contributed by atoms with Crippen molar-refractivity contribution >= 4 is 15.7 Å². The summed E-state index contributed by atoms with van der Waals surface area (Å²) in [6.45, 7) is 0.0484. The summed E-state index contributed by atoms with van der Waals surface area (Å²) in [6.07, 6.45) is 0. The molecule has 1 rings (SSSR count). The van der Waals surface area contributed by atoms with Gasteiger partial charge in [0, 0.05) is 12.1 Å². The van der Waals surface area contributed by atoms with Gasteiger partial charge in [0.15, 0.2) is 0 Å². The quantitative estimate of drug-likeness (QED) is 0.422. The summed E-state index contributed by atoms with van der Waals surface area (Å²) >= 11 is 0. The third-order valence-electron chi connectivity index (χ3n) is 2.12. The second kappa shape index (κ2) is 7.12. The number of primary sulfonamides is 1. The predicted octanol–water partition coefficient (Wildman–Crippen LogP) is 0.418. The zero-order valence-electron chi connectivity index (χ0n) is 10.3. The van der Waals surface area contributed by atoms with Gasteiger partial charge in [-0.1, -0.05) is 0 Å². The first-order valence-electron chi connectivity index (χ1n) is 5.44. The van der Waals surface area contributed by atoms with Crippen molar-refractivity contribution in [2.75, 3.05) is 25.6 Å². The number of halogens is 1. The molecule has 0 bridgehead atoms. The van der Waals surface area contributed by atoms with Crippen LogP contribution in [0.2, 0.25) is 0 Å². The highest BCUT2D eigenvalue weighted by Gasteiger charge is 2.14. The largest absolute Gasteiger partial charge is 0.491 e. The van der Waals surface area contributed by atoms with Gasteiger partial charge in [-0.15, -0.1) is 0 Å². The number of hydrogen-bond acceptors (Lipinski definition) is 6. The number of benzene rings is 1. The third-order valence-corrected chi connectivity index (χ3v) is 2.86. The predicted molar refractivity (Wildman–Crippen MR) is 67.3 cm³/mol. The second-order valence-corrected chi connectivity index (χ2v) is 5.43. The van der Waals surface area contributed by atoms with E-state index >= 15 is 0 Å². The van der Waals surface area contributed by atoms with Crippen molar-refractivity contribution < 1.29 is 27.2 Å². The molecule has 0 atom stereocenters. The molecule has 1 aromatic carbocycles. The molecule has 20 heavy (non-hydrogen) atoms. The summed E-state index contributed by atoms with van der Waals surface area (Å²) in [6, 6.07) is 3.14. The maximum Gasteiger partial charge on any atom is 0.305 e. The minimum atomic E-state index is -3.56. The van der Waals surface area contributed by atoms with Crippen LogP contribution in [0.1, 0.15) is 0 Å². The molecule has 0 saturated heterocycles. The van der Waals surface area contributed by atoms with E-state index in [2.05, 4.69) is 0 Å². The van der Waals surface area contributed by atoms with Crippen LogP contribution in [0.25, 0.3) is 0 Å². The fraction of sp³-hybridized carbons (Fsp3) is 0.400. The number of nitrogens with two attached hydrogens (primary N) is 1. The molecule has 112 valence electrons. The van der Waals surface area contributed by atoms with E-state index in [9.17, 15) is 22.9 Å². The first-order valence-corrected chi connectivity index (χ1v) is 7.16. The van der Waals surface area contributed by atoms with Gasteiger partial charge in [-0.05, 0) is 6.07 Å². The average molecular weight is 308 g/mol. The number of rotatable bonds is 8. The van der Waals surface area contributed by atoms with E-state index in [-0.39, 0.29) is 31.3 Å². The third kappa shape index (κ3) is 5.91. The van der Waals surface area contributed by atoms with Crippen molar-refractivity contribution in [3.63, 3.8) is 0 Å². The summed E-state index contributed by atoms with van der Waals surface area (Å²) in [7, 11) is -3.56. The van der Waals surface area contributed by atoms with E-state index in [0.717, 1.165) is 12.1 Å². The zero-order valence-corrected chi connectivity index (χ0v) is 11.1. The molecule has 0 aliphatic carbocycles. The lowest BCUT2D eigenvalue weighted by atomic mass is 10.3. The van der Waals surface area contributed by atoms with Crippen molar-refractivity contribution in [3.05, 3.63) is 34.1 Å². The van der Waals surface area contributed by atoms with Crippen molar-refractivity contribution in [2.24, 2.45) is 5.14 Å². The molecule has 0 radical (unpaired) electrons. The van der Waals surface area contributed by atoms with E-state index in [1.54, 1.807) is 0 Å². The Morgan fingerprint density at radius 3 is 2.55 bits per heavy atom. The molecule has 10 heteroatoms. The fourth-order valence-corrected chi connectivity index (χ4v) is 1.57. The first kappa shape index (κ1) is 16.3. The smallest absolute Gasteiger partial charge is 0.305 e. The maximum atomic E-state index is 13.2. The number of ether oxygens (including phenoxy) is 2. The van der Waals surface area contributed by atoms with Crippen LogP contribution in [0.15, 0.2) is 18.2 Å². The van der Waals surface area contributed by atoms with Crippen LogP contribution in [0, 0.1) is 15.9 Å². The standard InChI is InChI=1S/C10H13FN2O6S/c11-9-7-8(1-2-10(9)13(14)15)19-4-3-18-5-6-20(12,16)17/h1-2,7H,3-6H2,(H2,12,16,17). The summed E-state index contributed by atoms with van der Waals surface area (Å²) in [5.74, 6) is -1.19. The number of sulfonamides is 1. The molecule has 0 aliphatic heterocycles. The number of nitrogens with zero attached hydrogens (tertiary/aromatic N) is 1. The van der Waals surface area contributed by atoms with Crippen molar-refractivity contribution in [3.8, 4) is 5.75 Å². The Morgan fingerprint density at radius 1 is 1.30 bits per heavy atom. The molecule has 1 aromatic rings. The Balaban J connectivity index is 2.33. The highest BCUT2D eigenvalue weighted by atomic mass is 32.2. The Bertz CT molecular complexity index is 577. The molecular formula is C10H13FN2O6S. The molecule has 0 amide bonds. The van der Waals surface area contributed by atoms with Gasteiger partial charge in [-0.2, -0.15) is 4.39 Å². The molecule has 2 N–H and O–H groups in total. The molecular weight excluding hydrogens is 295 g/mol. The summed E-state index contributed by atoms with van der Waals surface area (Å²) in [4.78, 5) is 9.55. The van der Waals surface area contributed by atoms with Gasteiger partial charge >= 0.3 is 5.69 Å². The number of nitro groups is 1. The van der Waals surface area contributed by atoms with E-state index in [4.69, 9.17) is 14.6 Å². The van der Waals surface area contributed by atoms with Crippen LogP contribution >= 0.6 is 0 Å². The Hall–Kier alpha value is -1.78. The van der Waals surface area contributed by atoms with Crippen LogP contribution in [-0.4, -0.2) is 38.9 Å². The molecule has 0 unspecified atom stereocenters. The lowest BCUT2D eigenvalue weighted by Crippen LogP contribution is -2.21. The SMILES string of the molecule is NS(=O)(=O)CCOCCOc1ccc([N+](=O)[O-])c(F)c1. The van der Waals surface area contributed by atoms with Gasteiger partial charge in [0.25, 0.3) is 0 Å². The molecule has 0 saturated carbocycles. The fourth-order valence-electron chi connectivity index (χ4n) is 1.22. The van der Waals surface area contributed by atoms with Gasteiger partial charge in [-0.3, -0.25) is 10.1 Å². The molecule has 0 fully saturated rings. The highest BCUT2D eigenvalue weighted by Crippen LogP contribution is 2.22. The molecule has 8 nitrogen and oxygen atoms in total. The topological polar surface area (TPSA) is 122 Å². The Morgan fingerprint density at radius 2 is 2.00 bits per heavy atom. The monoisotopic (exact) mass is 308 g/mol. The lowest BCUT2D eigenvalue weighted by molar-refractivity contribution is -0.387.